The first-order valence-corrected chi connectivity index (χ1v) is 21.2. The summed E-state index contributed by atoms with van der Waals surface area (Å²) in [5.74, 6) is -3.67. The van der Waals surface area contributed by atoms with Gasteiger partial charge in [0.1, 0.15) is 39.9 Å². The smallest absolute Gasteiger partial charge is 0.331 e. The van der Waals surface area contributed by atoms with E-state index in [1.54, 1.807) is 63.2 Å². The van der Waals surface area contributed by atoms with Crippen LogP contribution in [-0.2, 0) is 26.1 Å². The molecule has 0 radical (unpaired) electrons. The number of benzene rings is 5. The summed E-state index contributed by atoms with van der Waals surface area (Å²) in [5.41, 5.74) is 7.75. The molecule has 0 bridgehead atoms. The molecule has 0 atom stereocenters. The van der Waals surface area contributed by atoms with Crippen LogP contribution in [0.4, 0.5) is 14.5 Å². The number of hydrogen-bond acceptors (Lipinski definition) is 9. The minimum absolute atomic E-state index is 0.00287. The van der Waals surface area contributed by atoms with Crippen LogP contribution in [0.5, 0.6) is 0 Å². The first-order valence-electron chi connectivity index (χ1n) is 19.3. The second kappa shape index (κ2) is 17.1. The lowest BCUT2D eigenvalue weighted by Crippen LogP contribution is -2.24. The Morgan fingerprint density at radius 2 is 1.41 bits per heavy atom. The van der Waals surface area contributed by atoms with Crippen molar-refractivity contribution in [1.82, 2.24) is 10.6 Å². The van der Waals surface area contributed by atoms with Crippen LogP contribution in [0.3, 0.4) is 0 Å². The van der Waals surface area contributed by atoms with Crippen LogP contribution in [0.2, 0.25) is 0 Å². The number of primary amides is 1. The van der Waals surface area contributed by atoms with Gasteiger partial charge in [0.25, 0.3) is 11.8 Å². The molecule has 0 spiro atoms. The lowest BCUT2D eigenvalue weighted by molar-refractivity contribution is -0.148. The fraction of sp³-hybridized carbons (Fsp3) is 0.149. The number of carbonyl (C=O) groups is 4. The molecular formula is C47H40F2N4O9S. The molecule has 7 aromatic rings. The Morgan fingerprint density at radius 3 is 2.10 bits per heavy atom. The molecule has 0 unspecified atom stereocenters. The Bertz CT molecular complexity index is 3130. The number of carbonyl (C=O) groups excluding carboxylic acids is 4. The summed E-state index contributed by atoms with van der Waals surface area (Å²) < 4.78 is 74.3. The normalized spacial score (nSPS) is 11.9. The molecule has 3 amide bonds. The fourth-order valence-electron chi connectivity index (χ4n) is 6.97. The quantitative estimate of drug-likeness (QED) is 0.0686. The van der Waals surface area contributed by atoms with E-state index < -0.39 is 50.9 Å². The molecule has 5 N–H and O–H groups in total. The van der Waals surface area contributed by atoms with Gasteiger partial charge in [0.05, 0.1) is 23.1 Å². The molecule has 2 aromatic heterocycles. The molecule has 0 aliphatic heterocycles. The van der Waals surface area contributed by atoms with Crippen molar-refractivity contribution in [2.75, 3.05) is 18.0 Å². The summed E-state index contributed by atoms with van der Waals surface area (Å²) in [7, 11) is -2.41. The van der Waals surface area contributed by atoms with Gasteiger partial charge in [-0.15, -0.1) is 0 Å². The minimum atomic E-state index is -3.86. The van der Waals surface area contributed by atoms with Crippen molar-refractivity contribution in [1.29, 1.82) is 0 Å². The Labute approximate surface area is 360 Å². The summed E-state index contributed by atoms with van der Waals surface area (Å²) in [6, 6.07) is 23.6. The van der Waals surface area contributed by atoms with E-state index in [9.17, 15) is 32.0 Å². The molecule has 16 heteroatoms. The number of amides is 3. The number of rotatable bonds is 12. The maximum Gasteiger partial charge on any atom is 0.331 e. The fourth-order valence-corrected chi connectivity index (χ4v) is 7.55. The van der Waals surface area contributed by atoms with E-state index in [1.165, 1.54) is 67.7 Å². The van der Waals surface area contributed by atoms with E-state index in [0.29, 0.717) is 33.2 Å². The first kappa shape index (κ1) is 43.5. The highest BCUT2D eigenvalue weighted by molar-refractivity contribution is 7.92. The van der Waals surface area contributed by atoms with Crippen molar-refractivity contribution in [2.24, 2.45) is 5.73 Å². The summed E-state index contributed by atoms with van der Waals surface area (Å²) in [6.07, 6.45) is 3.38. The largest absolute Gasteiger partial charge is 0.457 e. The van der Waals surface area contributed by atoms with E-state index in [1.807, 2.05) is 0 Å². The SMILES string of the molecule is CNC(=O)c1c(-c2ccc(F)cc2CNC(=O)c2c(-c3ccc(F)cc3)oc3cc(NS(C)(=O)=O)c(/C=C/C(=O)OC(C)(C)C)cc23)oc2ccc(-c3cccc(C(N)=O)c3)cc12. The molecule has 7 rings (SSSR count). The van der Waals surface area contributed by atoms with Crippen LogP contribution in [0.25, 0.3) is 61.8 Å². The predicted molar refractivity (Wildman–Crippen MR) is 235 cm³/mol. The molecule has 0 fully saturated rings. The van der Waals surface area contributed by atoms with Crippen molar-refractivity contribution in [2.45, 2.75) is 32.9 Å². The number of furan rings is 2. The second-order valence-corrected chi connectivity index (χ2v) is 17.3. The molecule has 0 aliphatic rings. The van der Waals surface area contributed by atoms with Crippen LogP contribution in [0.1, 0.15) is 63.0 Å². The zero-order chi connectivity index (χ0) is 45.4. The molecule has 13 nitrogen and oxygen atoms in total. The van der Waals surface area contributed by atoms with Gasteiger partial charge in [0.15, 0.2) is 0 Å². The number of fused-ring (bicyclic) bond motifs is 2. The summed E-state index contributed by atoms with van der Waals surface area (Å²) in [4.78, 5) is 52.6. The number of esters is 1. The molecule has 322 valence electrons. The van der Waals surface area contributed by atoms with E-state index in [2.05, 4.69) is 15.4 Å². The lowest BCUT2D eigenvalue weighted by Gasteiger charge is -2.18. The third-order valence-electron chi connectivity index (χ3n) is 9.67. The van der Waals surface area contributed by atoms with Gasteiger partial charge >= 0.3 is 5.97 Å². The molecule has 2 heterocycles. The van der Waals surface area contributed by atoms with E-state index in [-0.39, 0.29) is 62.5 Å². The molecule has 0 saturated carbocycles. The summed E-state index contributed by atoms with van der Waals surface area (Å²) >= 11 is 0. The average Bonchev–Trinajstić information content (AvgIpc) is 3.79. The van der Waals surface area contributed by atoms with E-state index in [0.717, 1.165) is 12.3 Å². The van der Waals surface area contributed by atoms with Crippen LogP contribution in [0, 0.1) is 11.6 Å². The predicted octanol–water partition coefficient (Wildman–Crippen LogP) is 8.57. The average molecular weight is 875 g/mol. The Balaban J connectivity index is 1.32. The van der Waals surface area contributed by atoms with Gasteiger partial charge in [-0.2, -0.15) is 0 Å². The van der Waals surface area contributed by atoms with Gasteiger partial charge in [0, 0.05) is 53.2 Å². The molecule has 5 aromatic carbocycles. The van der Waals surface area contributed by atoms with E-state index >= 15 is 4.39 Å². The van der Waals surface area contributed by atoms with Crippen molar-refractivity contribution in [3.63, 3.8) is 0 Å². The van der Waals surface area contributed by atoms with Crippen LogP contribution >= 0.6 is 0 Å². The highest BCUT2D eigenvalue weighted by Gasteiger charge is 2.27. The van der Waals surface area contributed by atoms with Gasteiger partial charge in [-0.25, -0.2) is 22.0 Å². The zero-order valence-electron chi connectivity index (χ0n) is 34.5. The maximum atomic E-state index is 15.1. The van der Waals surface area contributed by atoms with Crippen molar-refractivity contribution >= 4 is 67.4 Å². The standard InChI is InChI=1S/C47H40F2N4O9S/c1-47(2,3)62-39(54)18-12-28-22-35-38(23-36(28)53-63(5,58)59)61-42(25-9-13-31(48)14-10-25)40(35)46(57)52-24-30-20-32(49)15-16-33(30)43-41(45(56)51-4)34-21-27(11-17-37(34)60-43)26-7-6-8-29(19-26)44(50)55/h6-23,53H,24H2,1-5H3,(H2,50,55)(H,51,56)(H,52,57)/b18-12+. The number of anilines is 1. The molecule has 63 heavy (non-hydrogen) atoms. The van der Waals surface area contributed by atoms with Crippen molar-refractivity contribution < 1.29 is 49.9 Å². The Morgan fingerprint density at radius 1 is 0.762 bits per heavy atom. The van der Waals surface area contributed by atoms with Crippen molar-refractivity contribution in [3.05, 3.63) is 143 Å². The Kier molecular flexibility index (Phi) is 11.8. The summed E-state index contributed by atoms with van der Waals surface area (Å²) in [6.45, 7) is 4.75. The number of nitrogens with two attached hydrogens (primary N) is 1. The van der Waals surface area contributed by atoms with Gasteiger partial charge in [-0.3, -0.25) is 19.1 Å². The van der Waals surface area contributed by atoms with Crippen molar-refractivity contribution in [3.8, 4) is 33.8 Å². The first-order chi connectivity index (χ1) is 29.8. The van der Waals surface area contributed by atoms with E-state index in [4.69, 9.17) is 19.3 Å². The molecular weight excluding hydrogens is 835 g/mol. The van der Waals surface area contributed by atoms with Gasteiger partial charge < -0.3 is 29.9 Å². The summed E-state index contributed by atoms with van der Waals surface area (Å²) in [5, 5.41) is 6.06. The monoisotopic (exact) mass is 874 g/mol. The highest BCUT2D eigenvalue weighted by atomic mass is 32.2. The number of ether oxygens (including phenoxy) is 1. The topological polar surface area (TPSA) is 200 Å². The van der Waals surface area contributed by atoms with Crippen LogP contribution < -0.4 is 21.1 Å². The Hall–Kier alpha value is -7.59. The van der Waals surface area contributed by atoms with Crippen LogP contribution in [-0.4, -0.2) is 51.0 Å². The third-order valence-corrected chi connectivity index (χ3v) is 10.3. The number of sulfonamides is 1. The van der Waals surface area contributed by atoms with Crippen LogP contribution in [0.15, 0.2) is 112 Å². The highest BCUT2D eigenvalue weighted by Crippen LogP contribution is 2.40. The minimum Gasteiger partial charge on any atom is -0.457 e. The third kappa shape index (κ3) is 9.66. The molecule has 0 aliphatic carbocycles. The molecule has 0 saturated heterocycles. The van der Waals surface area contributed by atoms with Gasteiger partial charge in [0.2, 0.25) is 15.9 Å². The number of nitrogens with one attached hydrogen (secondary N) is 3. The number of hydrogen-bond donors (Lipinski definition) is 4. The number of halogens is 2. The van der Waals surface area contributed by atoms with Gasteiger partial charge in [-0.1, -0.05) is 18.2 Å². The second-order valence-electron chi connectivity index (χ2n) is 15.5. The zero-order valence-corrected chi connectivity index (χ0v) is 35.3. The lowest BCUT2D eigenvalue weighted by atomic mass is 9.97. The van der Waals surface area contributed by atoms with Gasteiger partial charge in [-0.05, 0) is 122 Å². The maximum absolute atomic E-state index is 15.1.